The molecule has 0 atom stereocenters. The summed E-state index contributed by atoms with van der Waals surface area (Å²) in [6.07, 6.45) is 2.58. The molecule has 15 heavy (non-hydrogen) atoms. The summed E-state index contributed by atoms with van der Waals surface area (Å²) in [6, 6.07) is 3.73. The predicted octanol–water partition coefficient (Wildman–Crippen LogP) is 1.13. The van der Waals surface area contributed by atoms with Gasteiger partial charge in [0.2, 0.25) is 0 Å². The number of ether oxygens (including phenoxy) is 2. The van der Waals surface area contributed by atoms with Crippen molar-refractivity contribution in [3.8, 4) is 0 Å². The first-order valence-corrected chi connectivity index (χ1v) is 4.98. The first-order chi connectivity index (χ1) is 7.36. The molecule has 0 aliphatic rings. The lowest BCUT2D eigenvalue weighted by molar-refractivity contribution is 0.0927. The fourth-order valence-corrected chi connectivity index (χ4v) is 1.20. The van der Waals surface area contributed by atoms with E-state index in [1.54, 1.807) is 13.3 Å². The predicted molar refractivity (Wildman–Crippen MR) is 56.3 cm³/mol. The summed E-state index contributed by atoms with van der Waals surface area (Å²) in [7, 11) is 1.68. The van der Waals surface area contributed by atoms with Gasteiger partial charge in [-0.05, 0) is 24.1 Å². The first-order valence-electron chi connectivity index (χ1n) is 4.98. The molecule has 0 aliphatic carbocycles. The van der Waals surface area contributed by atoms with Crippen LogP contribution in [-0.4, -0.2) is 30.4 Å². The van der Waals surface area contributed by atoms with Crippen LogP contribution in [0.15, 0.2) is 18.3 Å². The minimum absolute atomic E-state index is 0.0302. The van der Waals surface area contributed by atoms with Crippen LogP contribution in [-0.2, 0) is 22.7 Å². The van der Waals surface area contributed by atoms with Gasteiger partial charge in [0.15, 0.2) is 0 Å². The Hall–Kier alpha value is -0.970. The molecular formula is C11H17NO3. The summed E-state index contributed by atoms with van der Waals surface area (Å²) in [5.74, 6) is 0. The molecule has 4 heteroatoms. The van der Waals surface area contributed by atoms with Gasteiger partial charge in [-0.2, -0.15) is 0 Å². The van der Waals surface area contributed by atoms with Crippen LogP contribution in [0.5, 0.6) is 0 Å². The normalized spacial score (nSPS) is 10.5. The van der Waals surface area contributed by atoms with Crippen molar-refractivity contribution in [3.05, 3.63) is 29.6 Å². The summed E-state index contributed by atoms with van der Waals surface area (Å²) < 4.78 is 10.3. The molecule has 1 heterocycles. The van der Waals surface area contributed by atoms with Gasteiger partial charge in [-0.25, -0.2) is 0 Å². The molecule has 84 valence electrons. The van der Waals surface area contributed by atoms with Crippen LogP contribution in [0, 0.1) is 0 Å². The van der Waals surface area contributed by atoms with Crippen LogP contribution in [0.2, 0.25) is 0 Å². The molecule has 0 aromatic carbocycles. The smallest absolute Gasteiger partial charge is 0.0853 e. The highest BCUT2D eigenvalue weighted by molar-refractivity contribution is 5.14. The Kier molecular flexibility index (Phi) is 5.92. The quantitative estimate of drug-likeness (QED) is 0.687. The Morgan fingerprint density at radius 2 is 2.27 bits per heavy atom. The Morgan fingerprint density at radius 3 is 3.00 bits per heavy atom. The molecule has 0 spiro atoms. The lowest BCUT2D eigenvalue weighted by atomic mass is 10.2. The summed E-state index contributed by atoms with van der Waals surface area (Å²) in [6.45, 7) is 1.93. The molecule has 4 nitrogen and oxygen atoms in total. The first kappa shape index (κ1) is 12.1. The maximum atomic E-state index is 8.88. The molecule has 0 amide bonds. The summed E-state index contributed by atoms with van der Waals surface area (Å²) in [5.41, 5.74) is 1.71. The van der Waals surface area contributed by atoms with Crippen LogP contribution >= 0.6 is 0 Å². The second kappa shape index (κ2) is 7.34. The number of aromatic nitrogens is 1. The van der Waals surface area contributed by atoms with E-state index in [1.807, 2.05) is 12.1 Å². The zero-order valence-corrected chi connectivity index (χ0v) is 8.98. The van der Waals surface area contributed by atoms with E-state index in [4.69, 9.17) is 14.6 Å². The van der Waals surface area contributed by atoms with Gasteiger partial charge in [0.05, 0.1) is 18.9 Å². The highest BCUT2D eigenvalue weighted by Crippen LogP contribution is 2.03. The fraction of sp³-hybridized carbons (Fsp3) is 0.545. The Bertz CT molecular complexity index is 278. The minimum Gasteiger partial charge on any atom is -0.390 e. The Labute approximate surface area is 89.9 Å². The van der Waals surface area contributed by atoms with E-state index in [-0.39, 0.29) is 6.61 Å². The molecule has 1 aromatic heterocycles. The summed E-state index contributed by atoms with van der Waals surface area (Å²) in [5, 5.41) is 8.88. The van der Waals surface area contributed by atoms with Gasteiger partial charge >= 0.3 is 0 Å². The maximum absolute atomic E-state index is 8.88. The van der Waals surface area contributed by atoms with Crippen LogP contribution in [0.4, 0.5) is 0 Å². The number of aliphatic hydroxyl groups excluding tert-OH is 1. The SMILES string of the molecule is COCCCOCc1ccnc(CO)c1. The number of rotatable bonds is 7. The van der Waals surface area contributed by atoms with Crippen molar-refractivity contribution in [1.29, 1.82) is 0 Å². The minimum atomic E-state index is -0.0302. The molecule has 0 saturated heterocycles. The third-order valence-corrected chi connectivity index (χ3v) is 1.95. The molecule has 1 rings (SSSR count). The van der Waals surface area contributed by atoms with Crippen molar-refractivity contribution in [1.82, 2.24) is 4.98 Å². The van der Waals surface area contributed by atoms with Crippen LogP contribution < -0.4 is 0 Å². The largest absolute Gasteiger partial charge is 0.390 e. The Balaban J connectivity index is 2.24. The van der Waals surface area contributed by atoms with Gasteiger partial charge < -0.3 is 14.6 Å². The van der Waals surface area contributed by atoms with Crippen molar-refractivity contribution >= 4 is 0 Å². The van der Waals surface area contributed by atoms with E-state index >= 15 is 0 Å². The second-order valence-corrected chi connectivity index (χ2v) is 3.21. The van der Waals surface area contributed by atoms with E-state index < -0.39 is 0 Å². The van der Waals surface area contributed by atoms with Crippen molar-refractivity contribution < 1.29 is 14.6 Å². The number of aliphatic hydroxyl groups is 1. The summed E-state index contributed by atoms with van der Waals surface area (Å²) in [4.78, 5) is 3.99. The fourth-order valence-electron chi connectivity index (χ4n) is 1.20. The highest BCUT2D eigenvalue weighted by atomic mass is 16.5. The molecule has 0 saturated carbocycles. The lowest BCUT2D eigenvalue weighted by Gasteiger charge is -2.04. The number of methoxy groups -OCH3 is 1. The van der Waals surface area contributed by atoms with E-state index in [9.17, 15) is 0 Å². The number of hydrogen-bond donors (Lipinski definition) is 1. The highest BCUT2D eigenvalue weighted by Gasteiger charge is 1.96. The number of hydrogen-bond acceptors (Lipinski definition) is 4. The van der Waals surface area contributed by atoms with Gasteiger partial charge in [0, 0.05) is 26.5 Å². The van der Waals surface area contributed by atoms with Gasteiger partial charge in [-0.15, -0.1) is 0 Å². The van der Waals surface area contributed by atoms with Gasteiger partial charge in [0.1, 0.15) is 0 Å². The van der Waals surface area contributed by atoms with Crippen LogP contribution in [0.25, 0.3) is 0 Å². The topological polar surface area (TPSA) is 51.6 Å². The van der Waals surface area contributed by atoms with E-state index in [0.717, 1.165) is 18.6 Å². The van der Waals surface area contributed by atoms with Gasteiger partial charge in [-0.3, -0.25) is 4.98 Å². The van der Waals surface area contributed by atoms with Crippen molar-refractivity contribution in [2.75, 3.05) is 20.3 Å². The average molecular weight is 211 g/mol. The van der Waals surface area contributed by atoms with Crippen LogP contribution in [0.1, 0.15) is 17.7 Å². The summed E-state index contributed by atoms with van der Waals surface area (Å²) >= 11 is 0. The Morgan fingerprint density at radius 1 is 1.40 bits per heavy atom. The van der Waals surface area contributed by atoms with Crippen molar-refractivity contribution in [3.63, 3.8) is 0 Å². The number of nitrogens with zero attached hydrogens (tertiary/aromatic N) is 1. The standard InChI is InChI=1S/C11H17NO3/c1-14-5-2-6-15-9-10-3-4-12-11(7-10)8-13/h3-4,7,13H,2,5-6,8-9H2,1H3. The van der Waals surface area contributed by atoms with E-state index in [2.05, 4.69) is 4.98 Å². The molecule has 1 N–H and O–H groups in total. The van der Waals surface area contributed by atoms with E-state index in [0.29, 0.717) is 18.9 Å². The third-order valence-electron chi connectivity index (χ3n) is 1.95. The lowest BCUT2D eigenvalue weighted by Crippen LogP contribution is -2.00. The van der Waals surface area contributed by atoms with Gasteiger partial charge in [-0.1, -0.05) is 0 Å². The van der Waals surface area contributed by atoms with Crippen molar-refractivity contribution in [2.24, 2.45) is 0 Å². The second-order valence-electron chi connectivity index (χ2n) is 3.21. The zero-order chi connectivity index (χ0) is 10.9. The third kappa shape index (κ3) is 4.88. The molecule has 0 fully saturated rings. The van der Waals surface area contributed by atoms with Crippen LogP contribution in [0.3, 0.4) is 0 Å². The molecular weight excluding hydrogens is 194 g/mol. The molecule has 0 aliphatic heterocycles. The number of pyridine rings is 1. The molecule has 1 aromatic rings. The monoisotopic (exact) mass is 211 g/mol. The van der Waals surface area contributed by atoms with Gasteiger partial charge in [0.25, 0.3) is 0 Å². The van der Waals surface area contributed by atoms with E-state index in [1.165, 1.54) is 0 Å². The van der Waals surface area contributed by atoms with Crippen molar-refractivity contribution in [2.45, 2.75) is 19.6 Å². The molecule has 0 unspecified atom stereocenters. The maximum Gasteiger partial charge on any atom is 0.0853 e. The molecule has 0 bridgehead atoms. The average Bonchev–Trinajstić information content (AvgIpc) is 2.29. The zero-order valence-electron chi connectivity index (χ0n) is 8.98. The molecule has 0 radical (unpaired) electrons.